The summed E-state index contributed by atoms with van der Waals surface area (Å²) >= 11 is 0. The number of nitrogens with one attached hydrogen (secondary N) is 1. The third-order valence-corrected chi connectivity index (χ3v) is 11.9. The Hall–Kier alpha value is -2.83. The van der Waals surface area contributed by atoms with Crippen molar-refractivity contribution in [2.24, 2.45) is 0 Å². The first-order valence-corrected chi connectivity index (χ1v) is 25.3. The summed E-state index contributed by atoms with van der Waals surface area (Å²) < 4.78 is 22.7. The van der Waals surface area contributed by atoms with Gasteiger partial charge in [0, 0.05) is 6.42 Å². The minimum atomic E-state index is -1.79. The number of rotatable bonds is 37. The van der Waals surface area contributed by atoms with Crippen LogP contribution >= 0.6 is 0 Å². The van der Waals surface area contributed by atoms with Crippen LogP contribution in [0.3, 0.4) is 0 Å². The van der Waals surface area contributed by atoms with Crippen LogP contribution in [0.5, 0.6) is 0 Å². The predicted octanol–water partition coefficient (Wildman–Crippen LogP) is 6.60. The molecule has 0 spiro atoms. The second-order valence-electron chi connectivity index (χ2n) is 17.6. The van der Waals surface area contributed by atoms with Gasteiger partial charge in [0.25, 0.3) is 0 Å². The fourth-order valence-electron chi connectivity index (χ4n) is 7.75. The average Bonchev–Trinajstić information content (AvgIpc) is 3.32. The lowest BCUT2D eigenvalue weighted by molar-refractivity contribution is -0.359. The molecule has 0 aromatic carbocycles. The zero-order valence-electron chi connectivity index (χ0n) is 40.6. The molecule has 0 saturated carbocycles. The van der Waals surface area contributed by atoms with Crippen LogP contribution in [0.25, 0.3) is 0 Å². The second kappa shape index (κ2) is 39.0. The Balaban J connectivity index is 1.82. The van der Waals surface area contributed by atoms with E-state index < -0.39 is 86.8 Å². The lowest BCUT2D eigenvalue weighted by Crippen LogP contribution is -2.65. The quantitative estimate of drug-likeness (QED) is 0.0237. The zero-order chi connectivity index (χ0) is 48.9. The highest BCUT2D eigenvalue weighted by atomic mass is 16.7. The molecule has 14 heteroatoms. The molecule has 2 heterocycles. The van der Waals surface area contributed by atoms with E-state index in [0.717, 1.165) is 70.6 Å². The van der Waals surface area contributed by atoms with Gasteiger partial charge in [0.15, 0.2) is 12.6 Å². The van der Waals surface area contributed by atoms with E-state index in [4.69, 9.17) is 18.9 Å². The number of carbonyl (C=O) groups excluding carboxylic acids is 1. The number of hydrogen-bond donors (Lipinski definition) is 9. The van der Waals surface area contributed by atoms with E-state index in [1.807, 2.05) is 6.08 Å². The number of carbonyl (C=O) groups is 1. The molecule has 0 aromatic rings. The molecule has 2 aliphatic rings. The van der Waals surface area contributed by atoms with Crippen LogP contribution in [0.15, 0.2) is 85.1 Å². The first kappa shape index (κ1) is 60.3. The highest BCUT2D eigenvalue weighted by Gasteiger charge is 2.51. The normalized spacial score (nSPS) is 27.3. The summed E-state index contributed by atoms with van der Waals surface area (Å²) in [5.41, 5.74) is 0. The standard InChI is InChI=1S/C53H89NO13/c1-3-5-7-9-11-13-15-16-17-18-19-20-21-22-23-24-25-26-27-29-31-33-35-37-45(58)54-41(42(57)36-34-32-30-28-14-12-10-8-6-4-2)40-64-52-50(63)48(61)51(44(39-56)66-52)67-53-49(62)47(60)46(59)43(38-55)65-53/h5,7,11,13,16-17,19-20,22-23,25-26,29,31,41-44,46-53,55-57,59-63H,3-4,6,8-10,12,14-15,18,21,24,27-28,30,32-40H2,1-2H3,(H,54,58)/b7-5-,13-11-,17-16-,20-19-,23-22-,26-25-,31-29-. The molecule has 12 unspecified atom stereocenters. The van der Waals surface area contributed by atoms with Crippen molar-refractivity contribution in [1.29, 1.82) is 0 Å². The van der Waals surface area contributed by atoms with Crippen molar-refractivity contribution in [3.05, 3.63) is 85.1 Å². The van der Waals surface area contributed by atoms with Crippen molar-refractivity contribution in [1.82, 2.24) is 5.32 Å². The Labute approximate surface area is 401 Å². The van der Waals surface area contributed by atoms with Gasteiger partial charge in [-0.25, -0.2) is 0 Å². The number of amides is 1. The van der Waals surface area contributed by atoms with Crippen molar-refractivity contribution in [3.63, 3.8) is 0 Å². The largest absolute Gasteiger partial charge is 0.394 e. The zero-order valence-corrected chi connectivity index (χ0v) is 40.6. The van der Waals surface area contributed by atoms with E-state index in [-0.39, 0.29) is 18.9 Å². The molecule has 9 N–H and O–H groups in total. The van der Waals surface area contributed by atoms with Crippen LogP contribution in [0, 0.1) is 0 Å². The molecule has 67 heavy (non-hydrogen) atoms. The molecule has 0 radical (unpaired) electrons. The number of unbranched alkanes of at least 4 members (excludes halogenated alkanes) is 10. The molecule has 0 aliphatic carbocycles. The van der Waals surface area contributed by atoms with Crippen LogP contribution in [0.1, 0.15) is 149 Å². The maximum atomic E-state index is 13.1. The third-order valence-electron chi connectivity index (χ3n) is 11.9. The molecule has 0 bridgehead atoms. The smallest absolute Gasteiger partial charge is 0.220 e. The van der Waals surface area contributed by atoms with Crippen molar-refractivity contribution < 1.29 is 64.6 Å². The lowest BCUT2D eigenvalue weighted by Gasteiger charge is -2.46. The molecular weight excluding hydrogens is 859 g/mol. The molecule has 1 amide bonds. The molecule has 0 aromatic heterocycles. The topological polar surface area (TPSA) is 228 Å². The Bertz CT molecular complexity index is 1450. The van der Waals surface area contributed by atoms with Crippen molar-refractivity contribution in [2.45, 2.75) is 222 Å². The van der Waals surface area contributed by atoms with Gasteiger partial charge in [0.2, 0.25) is 5.91 Å². The summed E-state index contributed by atoms with van der Waals surface area (Å²) in [5.74, 6) is -0.271. The summed E-state index contributed by atoms with van der Waals surface area (Å²) in [7, 11) is 0. The van der Waals surface area contributed by atoms with Gasteiger partial charge in [-0.05, 0) is 64.2 Å². The van der Waals surface area contributed by atoms with Gasteiger partial charge in [-0.3, -0.25) is 4.79 Å². The minimum Gasteiger partial charge on any atom is -0.394 e. The number of ether oxygens (including phenoxy) is 4. The van der Waals surface area contributed by atoms with Crippen LogP contribution in [-0.2, 0) is 23.7 Å². The van der Waals surface area contributed by atoms with Gasteiger partial charge in [-0.15, -0.1) is 0 Å². The van der Waals surface area contributed by atoms with E-state index in [9.17, 15) is 45.6 Å². The number of aliphatic hydroxyl groups excluding tert-OH is 8. The Morgan fingerprint density at radius 1 is 0.552 bits per heavy atom. The first-order chi connectivity index (χ1) is 32.6. The average molecular weight is 948 g/mol. The maximum Gasteiger partial charge on any atom is 0.220 e. The van der Waals surface area contributed by atoms with Gasteiger partial charge >= 0.3 is 0 Å². The van der Waals surface area contributed by atoms with Crippen molar-refractivity contribution in [2.75, 3.05) is 19.8 Å². The lowest BCUT2D eigenvalue weighted by atomic mass is 9.97. The van der Waals surface area contributed by atoms with E-state index in [1.165, 1.54) is 38.5 Å². The van der Waals surface area contributed by atoms with Crippen LogP contribution < -0.4 is 5.32 Å². The minimum absolute atomic E-state index is 0.219. The van der Waals surface area contributed by atoms with Crippen molar-refractivity contribution >= 4 is 5.91 Å². The molecule has 2 saturated heterocycles. The molecule has 2 fully saturated rings. The fourth-order valence-corrected chi connectivity index (χ4v) is 7.75. The van der Waals surface area contributed by atoms with Crippen LogP contribution in [-0.4, -0.2) is 140 Å². The maximum absolute atomic E-state index is 13.1. The van der Waals surface area contributed by atoms with Gasteiger partial charge in [0.05, 0.1) is 32.0 Å². The van der Waals surface area contributed by atoms with Gasteiger partial charge in [-0.1, -0.05) is 163 Å². The van der Waals surface area contributed by atoms with E-state index in [1.54, 1.807) is 0 Å². The highest BCUT2D eigenvalue weighted by molar-refractivity contribution is 5.76. The molecule has 2 aliphatic heterocycles. The summed E-state index contributed by atoms with van der Waals surface area (Å²) in [6.07, 6.45) is 33.1. The van der Waals surface area contributed by atoms with Gasteiger partial charge in [0.1, 0.15) is 48.8 Å². The molecule has 12 atom stereocenters. The number of allylic oxidation sites excluding steroid dienone is 14. The summed E-state index contributed by atoms with van der Waals surface area (Å²) in [6.45, 7) is 2.65. The van der Waals surface area contributed by atoms with Gasteiger partial charge < -0.3 is 65.1 Å². The summed E-state index contributed by atoms with van der Waals surface area (Å²) in [6, 6.07) is -0.863. The van der Waals surface area contributed by atoms with Crippen LogP contribution in [0.4, 0.5) is 0 Å². The van der Waals surface area contributed by atoms with E-state index in [2.05, 4.69) is 98.2 Å². The Kier molecular flexibility index (Phi) is 35.1. The van der Waals surface area contributed by atoms with E-state index >= 15 is 0 Å². The molecule has 14 nitrogen and oxygen atoms in total. The molecule has 2 rings (SSSR count). The summed E-state index contributed by atoms with van der Waals surface area (Å²) in [5, 5.41) is 86.7. The SMILES string of the molecule is CC/C=C\C/C=C\C/C=C\C/C=C\C/C=C\C/C=C\C/C=C\CCCC(=O)NC(COC1OC(CO)C(OC2OC(CO)C(O)C(O)C2O)C(O)C1O)C(O)CCCCCCCCCCCC. The fraction of sp³-hybridized carbons (Fsp3) is 0.717. The second-order valence-corrected chi connectivity index (χ2v) is 17.6. The Morgan fingerprint density at radius 2 is 1.01 bits per heavy atom. The third kappa shape index (κ3) is 26.1. The van der Waals surface area contributed by atoms with Crippen LogP contribution in [0.2, 0.25) is 0 Å². The van der Waals surface area contributed by atoms with Crippen molar-refractivity contribution in [3.8, 4) is 0 Å². The number of aliphatic hydroxyl groups is 8. The number of hydrogen-bond acceptors (Lipinski definition) is 13. The summed E-state index contributed by atoms with van der Waals surface area (Å²) in [4.78, 5) is 13.1. The molecule has 384 valence electrons. The Morgan fingerprint density at radius 3 is 1.52 bits per heavy atom. The predicted molar refractivity (Wildman–Crippen MR) is 263 cm³/mol. The molecular formula is C53H89NO13. The first-order valence-electron chi connectivity index (χ1n) is 25.3. The van der Waals surface area contributed by atoms with E-state index in [0.29, 0.717) is 19.3 Å². The van der Waals surface area contributed by atoms with Gasteiger partial charge in [-0.2, -0.15) is 0 Å². The monoisotopic (exact) mass is 948 g/mol. The highest BCUT2D eigenvalue weighted by Crippen LogP contribution is 2.30.